The van der Waals surface area contributed by atoms with Gasteiger partial charge in [-0.1, -0.05) is 0 Å². The zero-order valence-corrected chi connectivity index (χ0v) is 11.6. The van der Waals surface area contributed by atoms with Crippen molar-refractivity contribution in [3.8, 4) is 0 Å². The van der Waals surface area contributed by atoms with E-state index in [0.29, 0.717) is 0 Å². The Hall–Kier alpha value is -1.81. The lowest BCUT2D eigenvalue weighted by atomic mass is 10.0. The molecule has 1 aromatic heterocycles. The number of hydrogen-bond donors (Lipinski definition) is 2. The number of amides is 1. The normalized spacial score (nSPS) is 13.5. The average molecular weight is 272 g/mol. The Morgan fingerprint density at radius 3 is 3.00 bits per heavy atom. The summed E-state index contributed by atoms with van der Waals surface area (Å²) in [6.07, 6.45) is 2.22. The van der Waals surface area contributed by atoms with E-state index in [4.69, 9.17) is 0 Å². The van der Waals surface area contributed by atoms with E-state index in [0.717, 1.165) is 34.8 Å². The van der Waals surface area contributed by atoms with Crippen LogP contribution in [0.4, 0.5) is 11.4 Å². The van der Waals surface area contributed by atoms with Crippen LogP contribution < -0.4 is 10.6 Å². The summed E-state index contributed by atoms with van der Waals surface area (Å²) in [5.74, 6) is -0.0261. The summed E-state index contributed by atoms with van der Waals surface area (Å²) in [5.41, 5.74) is 3.35. The molecule has 0 saturated heterocycles. The second kappa shape index (κ2) is 5.05. The third-order valence-electron chi connectivity index (χ3n) is 3.27. The second-order valence-corrected chi connectivity index (χ2v) is 6.05. The number of aryl methyl sites for hydroxylation is 2. The first-order valence-corrected chi connectivity index (χ1v) is 7.28. The van der Waals surface area contributed by atoms with Crippen molar-refractivity contribution in [3.05, 3.63) is 45.6 Å². The van der Waals surface area contributed by atoms with Crippen LogP contribution >= 0.6 is 11.3 Å². The molecule has 0 aliphatic carbocycles. The van der Waals surface area contributed by atoms with Gasteiger partial charge in [-0.05, 0) is 55.7 Å². The van der Waals surface area contributed by atoms with E-state index in [-0.39, 0.29) is 5.91 Å². The van der Waals surface area contributed by atoms with Gasteiger partial charge in [-0.2, -0.15) is 0 Å². The predicted octanol–water partition coefficient (Wildman–Crippen LogP) is 3.67. The molecule has 4 heteroatoms. The Balaban J connectivity index is 1.78. The van der Waals surface area contributed by atoms with Gasteiger partial charge < -0.3 is 10.6 Å². The van der Waals surface area contributed by atoms with Gasteiger partial charge in [0.1, 0.15) is 0 Å². The molecular weight excluding hydrogens is 256 g/mol. The summed E-state index contributed by atoms with van der Waals surface area (Å²) >= 11 is 1.52. The molecule has 1 amide bonds. The van der Waals surface area contributed by atoms with Crippen LogP contribution in [0.25, 0.3) is 0 Å². The van der Waals surface area contributed by atoms with Crippen molar-refractivity contribution in [2.24, 2.45) is 0 Å². The van der Waals surface area contributed by atoms with Gasteiger partial charge in [0.25, 0.3) is 5.91 Å². The summed E-state index contributed by atoms with van der Waals surface area (Å²) in [6.45, 7) is 3.04. The van der Waals surface area contributed by atoms with Crippen LogP contribution in [-0.4, -0.2) is 12.5 Å². The summed E-state index contributed by atoms with van der Waals surface area (Å²) in [7, 11) is 0. The van der Waals surface area contributed by atoms with Crippen LogP contribution in [0.1, 0.15) is 26.5 Å². The van der Waals surface area contributed by atoms with Crippen LogP contribution in [0.15, 0.2) is 30.3 Å². The third-order valence-corrected chi connectivity index (χ3v) is 4.27. The highest BCUT2D eigenvalue weighted by Crippen LogP contribution is 2.25. The van der Waals surface area contributed by atoms with E-state index in [1.807, 2.05) is 31.2 Å². The molecule has 3 nitrogen and oxygen atoms in total. The Labute approximate surface area is 116 Å². The fourth-order valence-electron chi connectivity index (χ4n) is 2.30. The molecule has 0 atom stereocenters. The Morgan fingerprint density at radius 1 is 1.32 bits per heavy atom. The first kappa shape index (κ1) is 12.2. The number of rotatable bonds is 2. The zero-order chi connectivity index (χ0) is 13.2. The molecule has 1 aliphatic rings. The highest BCUT2D eigenvalue weighted by Gasteiger charge is 2.11. The monoisotopic (exact) mass is 272 g/mol. The molecular formula is C15H16N2OS. The molecule has 0 bridgehead atoms. The van der Waals surface area contributed by atoms with E-state index >= 15 is 0 Å². The van der Waals surface area contributed by atoms with Crippen molar-refractivity contribution in [2.75, 3.05) is 17.2 Å². The van der Waals surface area contributed by atoms with E-state index in [1.165, 1.54) is 22.6 Å². The summed E-state index contributed by atoms with van der Waals surface area (Å²) in [6, 6.07) is 9.91. The van der Waals surface area contributed by atoms with Crippen molar-refractivity contribution in [1.29, 1.82) is 0 Å². The Kier molecular flexibility index (Phi) is 3.25. The number of anilines is 2. The number of thiophene rings is 1. The van der Waals surface area contributed by atoms with Crippen LogP contribution in [-0.2, 0) is 6.42 Å². The van der Waals surface area contributed by atoms with E-state index in [9.17, 15) is 4.79 Å². The van der Waals surface area contributed by atoms with Gasteiger partial charge in [-0.25, -0.2) is 0 Å². The molecule has 1 aromatic carbocycles. The van der Waals surface area contributed by atoms with Crippen molar-refractivity contribution in [2.45, 2.75) is 19.8 Å². The average Bonchev–Trinajstić information content (AvgIpc) is 2.85. The van der Waals surface area contributed by atoms with Gasteiger partial charge in [0.05, 0.1) is 4.88 Å². The molecule has 2 heterocycles. The first-order chi connectivity index (χ1) is 9.22. The Morgan fingerprint density at radius 2 is 2.21 bits per heavy atom. The minimum absolute atomic E-state index is 0.0261. The minimum atomic E-state index is -0.0261. The summed E-state index contributed by atoms with van der Waals surface area (Å²) in [5, 5.41) is 6.33. The maximum atomic E-state index is 12.1. The van der Waals surface area contributed by atoms with Crippen molar-refractivity contribution < 1.29 is 4.79 Å². The zero-order valence-electron chi connectivity index (χ0n) is 10.8. The van der Waals surface area contributed by atoms with Gasteiger partial charge in [0, 0.05) is 22.8 Å². The predicted molar refractivity (Wildman–Crippen MR) is 80.3 cm³/mol. The standard InChI is InChI=1S/C15H16N2OS/c1-10-4-7-14(19-10)15(18)17-12-5-6-13-11(9-12)3-2-8-16-13/h4-7,9,16H,2-3,8H2,1H3,(H,17,18). The molecule has 3 rings (SSSR count). The summed E-state index contributed by atoms with van der Waals surface area (Å²) in [4.78, 5) is 14.0. The van der Waals surface area contributed by atoms with Crippen LogP contribution in [0.2, 0.25) is 0 Å². The Bertz CT molecular complexity index is 618. The van der Waals surface area contributed by atoms with Crippen LogP contribution in [0, 0.1) is 6.92 Å². The van der Waals surface area contributed by atoms with Crippen LogP contribution in [0.3, 0.4) is 0 Å². The molecule has 1 aliphatic heterocycles. The fourth-order valence-corrected chi connectivity index (χ4v) is 3.06. The number of benzene rings is 1. The number of carbonyl (C=O) groups excluding carboxylic acids is 1. The molecule has 0 unspecified atom stereocenters. The van der Waals surface area contributed by atoms with Crippen molar-refractivity contribution in [1.82, 2.24) is 0 Å². The number of nitrogens with one attached hydrogen (secondary N) is 2. The molecule has 0 fully saturated rings. The van der Waals surface area contributed by atoms with Gasteiger partial charge in [0.2, 0.25) is 0 Å². The van der Waals surface area contributed by atoms with E-state index < -0.39 is 0 Å². The van der Waals surface area contributed by atoms with Gasteiger partial charge in [-0.3, -0.25) is 4.79 Å². The molecule has 19 heavy (non-hydrogen) atoms. The molecule has 0 radical (unpaired) electrons. The lowest BCUT2D eigenvalue weighted by Gasteiger charge is -2.18. The fraction of sp³-hybridized carbons (Fsp3) is 0.267. The maximum Gasteiger partial charge on any atom is 0.265 e. The summed E-state index contributed by atoms with van der Waals surface area (Å²) < 4.78 is 0. The third kappa shape index (κ3) is 2.63. The van der Waals surface area contributed by atoms with E-state index in [1.54, 1.807) is 0 Å². The molecule has 2 aromatic rings. The lowest BCUT2D eigenvalue weighted by Crippen LogP contribution is -2.14. The van der Waals surface area contributed by atoms with Crippen molar-refractivity contribution in [3.63, 3.8) is 0 Å². The maximum absolute atomic E-state index is 12.1. The first-order valence-electron chi connectivity index (χ1n) is 6.47. The molecule has 0 saturated carbocycles. The van der Waals surface area contributed by atoms with Crippen LogP contribution in [0.5, 0.6) is 0 Å². The largest absolute Gasteiger partial charge is 0.385 e. The van der Waals surface area contributed by atoms with Gasteiger partial charge in [-0.15, -0.1) is 11.3 Å². The SMILES string of the molecule is Cc1ccc(C(=O)Nc2ccc3c(c2)CCCN3)s1. The highest BCUT2D eigenvalue weighted by molar-refractivity contribution is 7.14. The quantitative estimate of drug-likeness (QED) is 0.876. The molecule has 98 valence electrons. The number of carbonyl (C=O) groups is 1. The minimum Gasteiger partial charge on any atom is -0.385 e. The number of hydrogen-bond acceptors (Lipinski definition) is 3. The molecule has 0 spiro atoms. The second-order valence-electron chi connectivity index (χ2n) is 4.77. The molecule has 2 N–H and O–H groups in total. The number of fused-ring (bicyclic) bond motifs is 1. The smallest absolute Gasteiger partial charge is 0.265 e. The highest BCUT2D eigenvalue weighted by atomic mass is 32.1. The van der Waals surface area contributed by atoms with Crippen molar-refractivity contribution >= 4 is 28.6 Å². The van der Waals surface area contributed by atoms with E-state index in [2.05, 4.69) is 16.7 Å². The topological polar surface area (TPSA) is 41.1 Å². The lowest BCUT2D eigenvalue weighted by molar-refractivity contribution is 0.103. The van der Waals surface area contributed by atoms with Gasteiger partial charge >= 0.3 is 0 Å². The van der Waals surface area contributed by atoms with Gasteiger partial charge in [0.15, 0.2) is 0 Å².